The summed E-state index contributed by atoms with van der Waals surface area (Å²) < 4.78 is 30.2. The second kappa shape index (κ2) is 5.30. The lowest BCUT2D eigenvalue weighted by atomic mass is 10.3. The maximum atomic E-state index is 11.7. The molecule has 0 aliphatic carbocycles. The predicted octanol–water partition coefficient (Wildman–Crippen LogP) is 0.0270. The summed E-state index contributed by atoms with van der Waals surface area (Å²) in [5.74, 6) is -1.80. The smallest absolute Gasteiger partial charge is 0.371 e. The third-order valence-electron chi connectivity index (χ3n) is 2.09. The van der Waals surface area contributed by atoms with E-state index >= 15 is 0 Å². The molecule has 1 heterocycles. The second-order valence-electron chi connectivity index (χ2n) is 3.33. The van der Waals surface area contributed by atoms with Gasteiger partial charge in [-0.25, -0.2) is 17.9 Å². The van der Waals surface area contributed by atoms with Gasteiger partial charge in [-0.05, 0) is 18.6 Å². The minimum Gasteiger partial charge on any atom is -0.475 e. The summed E-state index contributed by atoms with van der Waals surface area (Å²) in [6.07, 6.45) is 0.405. The molecule has 0 fully saturated rings. The van der Waals surface area contributed by atoms with Crippen LogP contribution in [0.3, 0.4) is 0 Å². The van der Waals surface area contributed by atoms with Gasteiger partial charge in [-0.3, -0.25) is 0 Å². The number of aromatic carboxylic acids is 1. The van der Waals surface area contributed by atoms with Crippen LogP contribution in [0.1, 0.15) is 23.9 Å². The Morgan fingerprint density at radius 1 is 1.53 bits per heavy atom. The normalized spacial score (nSPS) is 13.5. The molecule has 0 aromatic carbocycles. The number of carbonyl (C=O) groups is 1. The van der Waals surface area contributed by atoms with Gasteiger partial charge < -0.3 is 14.6 Å². The monoisotopic (exact) mass is 263 g/mol. The zero-order chi connectivity index (χ0) is 13.1. The van der Waals surface area contributed by atoms with Gasteiger partial charge in [0.05, 0.1) is 6.61 Å². The number of hydrogen-bond donors (Lipinski definition) is 3. The molecule has 0 aliphatic rings. The lowest BCUT2D eigenvalue weighted by Gasteiger charge is -2.12. The van der Waals surface area contributed by atoms with E-state index in [9.17, 15) is 13.2 Å². The predicted molar refractivity (Wildman–Crippen MR) is 57.2 cm³/mol. The van der Waals surface area contributed by atoms with Gasteiger partial charge in [0.2, 0.25) is 10.9 Å². The van der Waals surface area contributed by atoms with Gasteiger partial charge in [-0.2, -0.15) is 0 Å². The molecule has 0 saturated carbocycles. The number of hydrogen-bond acceptors (Lipinski definition) is 5. The first-order valence-corrected chi connectivity index (χ1v) is 6.35. The van der Waals surface area contributed by atoms with Crippen molar-refractivity contribution in [3.63, 3.8) is 0 Å². The highest BCUT2D eigenvalue weighted by molar-refractivity contribution is 7.89. The largest absolute Gasteiger partial charge is 0.475 e. The summed E-state index contributed by atoms with van der Waals surface area (Å²) >= 11 is 0. The molecule has 8 heteroatoms. The Morgan fingerprint density at radius 3 is 2.59 bits per heavy atom. The molecule has 1 aromatic heterocycles. The Balaban J connectivity index is 2.93. The quantitative estimate of drug-likeness (QED) is 0.666. The van der Waals surface area contributed by atoms with E-state index in [-0.39, 0.29) is 6.61 Å². The van der Waals surface area contributed by atoms with Crippen LogP contribution in [0.4, 0.5) is 0 Å². The molecular formula is C9H13NO6S. The minimum atomic E-state index is -3.94. The fourth-order valence-corrected chi connectivity index (χ4v) is 2.35. The van der Waals surface area contributed by atoms with E-state index in [0.717, 1.165) is 12.1 Å². The van der Waals surface area contributed by atoms with Crippen molar-refractivity contribution in [3.05, 3.63) is 17.9 Å². The van der Waals surface area contributed by atoms with Crippen LogP contribution in [-0.2, 0) is 10.0 Å². The Labute approximate surface area is 98.1 Å². The van der Waals surface area contributed by atoms with E-state index in [0.29, 0.717) is 6.42 Å². The van der Waals surface area contributed by atoms with Crippen molar-refractivity contribution >= 4 is 16.0 Å². The fraction of sp³-hybridized carbons (Fsp3) is 0.444. The van der Waals surface area contributed by atoms with E-state index in [1.165, 1.54) is 0 Å². The number of carboxylic acids is 1. The number of carboxylic acid groups (broad SMARTS) is 1. The molecule has 0 aliphatic heterocycles. The van der Waals surface area contributed by atoms with E-state index in [1.54, 1.807) is 6.92 Å². The third-order valence-corrected chi connectivity index (χ3v) is 3.48. The van der Waals surface area contributed by atoms with Gasteiger partial charge in [0.1, 0.15) is 0 Å². The second-order valence-corrected chi connectivity index (χ2v) is 4.98. The van der Waals surface area contributed by atoms with Crippen molar-refractivity contribution in [2.45, 2.75) is 24.5 Å². The number of furan rings is 1. The summed E-state index contributed by atoms with van der Waals surface area (Å²) in [5, 5.41) is 17.0. The minimum absolute atomic E-state index is 0.345. The maximum Gasteiger partial charge on any atom is 0.371 e. The topological polar surface area (TPSA) is 117 Å². The van der Waals surface area contributed by atoms with Crippen LogP contribution in [-0.4, -0.2) is 37.2 Å². The van der Waals surface area contributed by atoms with Crippen LogP contribution in [0.5, 0.6) is 0 Å². The van der Waals surface area contributed by atoms with Crippen LogP contribution in [0.2, 0.25) is 0 Å². The lowest BCUT2D eigenvalue weighted by Crippen LogP contribution is -2.36. The summed E-state index contributed by atoms with van der Waals surface area (Å²) in [4.78, 5) is 10.5. The molecule has 0 unspecified atom stereocenters. The molecule has 0 amide bonds. The molecule has 96 valence electrons. The molecule has 3 N–H and O–H groups in total. The van der Waals surface area contributed by atoms with Crippen LogP contribution < -0.4 is 4.72 Å². The van der Waals surface area contributed by atoms with Gasteiger partial charge in [0.15, 0.2) is 0 Å². The molecule has 17 heavy (non-hydrogen) atoms. The molecule has 7 nitrogen and oxygen atoms in total. The fourth-order valence-electron chi connectivity index (χ4n) is 1.11. The Kier molecular flexibility index (Phi) is 4.27. The molecular weight excluding hydrogens is 250 g/mol. The molecule has 1 aromatic rings. The first-order chi connectivity index (χ1) is 7.90. The van der Waals surface area contributed by atoms with Crippen LogP contribution in [0.25, 0.3) is 0 Å². The summed E-state index contributed by atoms with van der Waals surface area (Å²) in [7, 11) is -3.94. The molecule has 0 bridgehead atoms. The highest BCUT2D eigenvalue weighted by Gasteiger charge is 2.23. The van der Waals surface area contributed by atoms with Crippen molar-refractivity contribution in [3.8, 4) is 0 Å². The zero-order valence-corrected chi connectivity index (χ0v) is 9.90. The molecule has 0 saturated heterocycles. The van der Waals surface area contributed by atoms with E-state index in [2.05, 4.69) is 9.14 Å². The first-order valence-electron chi connectivity index (χ1n) is 4.87. The summed E-state index contributed by atoms with van der Waals surface area (Å²) in [6.45, 7) is 1.36. The van der Waals surface area contributed by atoms with Crippen molar-refractivity contribution in [1.29, 1.82) is 0 Å². The van der Waals surface area contributed by atoms with Crippen LogP contribution in [0.15, 0.2) is 21.6 Å². The number of rotatable bonds is 6. The van der Waals surface area contributed by atoms with Crippen molar-refractivity contribution in [2.24, 2.45) is 0 Å². The molecule has 1 atom stereocenters. The molecule has 0 spiro atoms. The van der Waals surface area contributed by atoms with Crippen LogP contribution >= 0.6 is 0 Å². The van der Waals surface area contributed by atoms with Gasteiger partial charge in [-0.15, -0.1) is 0 Å². The number of aliphatic hydroxyl groups is 1. The van der Waals surface area contributed by atoms with Gasteiger partial charge >= 0.3 is 5.97 Å². The van der Waals surface area contributed by atoms with Crippen LogP contribution in [0, 0.1) is 0 Å². The summed E-state index contributed by atoms with van der Waals surface area (Å²) in [6, 6.07) is 1.48. The molecule has 0 radical (unpaired) electrons. The highest BCUT2D eigenvalue weighted by atomic mass is 32.2. The van der Waals surface area contributed by atoms with Crippen molar-refractivity contribution in [1.82, 2.24) is 4.72 Å². The van der Waals surface area contributed by atoms with Gasteiger partial charge in [0, 0.05) is 6.04 Å². The van der Waals surface area contributed by atoms with E-state index < -0.39 is 32.9 Å². The molecule has 1 rings (SSSR count). The van der Waals surface area contributed by atoms with Crippen molar-refractivity contribution in [2.75, 3.05) is 6.61 Å². The Morgan fingerprint density at radius 2 is 2.18 bits per heavy atom. The van der Waals surface area contributed by atoms with Crippen molar-refractivity contribution < 1.29 is 27.8 Å². The van der Waals surface area contributed by atoms with E-state index in [1.807, 2.05) is 0 Å². The average molecular weight is 263 g/mol. The van der Waals surface area contributed by atoms with Gasteiger partial charge in [-0.1, -0.05) is 6.92 Å². The lowest BCUT2D eigenvalue weighted by molar-refractivity contribution is 0.0656. The summed E-state index contributed by atoms with van der Waals surface area (Å²) in [5.41, 5.74) is 0. The Bertz CT molecular complexity index is 487. The highest BCUT2D eigenvalue weighted by Crippen LogP contribution is 2.14. The first kappa shape index (κ1) is 13.7. The SMILES string of the molecule is CC[C@H](CO)NS(=O)(=O)c1ccc(C(=O)O)o1. The zero-order valence-electron chi connectivity index (χ0n) is 9.08. The number of sulfonamides is 1. The third kappa shape index (κ3) is 3.29. The Hall–Kier alpha value is -1.38. The van der Waals surface area contributed by atoms with Gasteiger partial charge in [0.25, 0.3) is 10.0 Å². The standard InChI is InChI=1S/C9H13NO6S/c1-2-6(5-11)10-17(14,15)8-4-3-7(16-8)9(12)13/h3-4,6,10-11H,2,5H2,1H3,(H,12,13)/t6-/m1/s1. The average Bonchev–Trinajstić information content (AvgIpc) is 2.75. The van der Waals surface area contributed by atoms with E-state index in [4.69, 9.17) is 10.2 Å². The maximum absolute atomic E-state index is 11.7. The number of aliphatic hydroxyl groups excluding tert-OH is 1. The number of nitrogens with one attached hydrogen (secondary N) is 1.